The van der Waals surface area contributed by atoms with E-state index in [0.29, 0.717) is 0 Å². The topological polar surface area (TPSA) is 28.4 Å². The number of likely N-dealkylation sites (N-methyl/N-ethyl adjacent to an activating group) is 1. The lowest BCUT2D eigenvalue weighted by Gasteiger charge is -2.23. The second-order valence-electron chi connectivity index (χ2n) is 4.31. The number of hydrogen-bond donors (Lipinski definition) is 1. The van der Waals surface area contributed by atoms with Crippen LogP contribution in [0.1, 0.15) is 12.7 Å². The molecule has 0 saturated heterocycles. The van der Waals surface area contributed by atoms with Crippen LogP contribution in [0.15, 0.2) is 47.1 Å². The Bertz CT molecular complexity index is 467. The van der Waals surface area contributed by atoms with Crippen LogP contribution >= 0.6 is 0 Å². The second kappa shape index (κ2) is 6.95. The predicted octanol–water partition coefficient (Wildman–Crippen LogP) is 3.03. The molecule has 0 aliphatic rings. The van der Waals surface area contributed by atoms with Gasteiger partial charge in [0.05, 0.1) is 12.8 Å². The van der Waals surface area contributed by atoms with E-state index >= 15 is 0 Å². The Labute approximate surface area is 113 Å². The molecule has 19 heavy (non-hydrogen) atoms. The van der Waals surface area contributed by atoms with Gasteiger partial charge in [-0.05, 0) is 43.3 Å². The van der Waals surface area contributed by atoms with Gasteiger partial charge in [-0.25, -0.2) is 4.39 Å². The highest BCUT2D eigenvalue weighted by Gasteiger charge is 2.04. The number of nitrogens with zero attached hydrogens (tertiary/aromatic N) is 1. The summed E-state index contributed by atoms with van der Waals surface area (Å²) in [6, 6.07) is 10.4. The third-order valence-corrected chi connectivity index (χ3v) is 3.01. The SMILES string of the molecule is CCN(CCNCc1ccco1)c1ccc(F)cc1. The molecule has 1 aromatic heterocycles. The average molecular weight is 262 g/mol. The van der Waals surface area contributed by atoms with Crippen molar-refractivity contribution in [2.45, 2.75) is 13.5 Å². The van der Waals surface area contributed by atoms with Crippen molar-refractivity contribution >= 4 is 5.69 Å². The van der Waals surface area contributed by atoms with E-state index in [0.717, 1.165) is 37.6 Å². The normalized spacial score (nSPS) is 10.6. The minimum atomic E-state index is -0.198. The fraction of sp³-hybridized carbons (Fsp3) is 0.333. The first kappa shape index (κ1) is 13.6. The zero-order valence-corrected chi connectivity index (χ0v) is 11.1. The summed E-state index contributed by atoms with van der Waals surface area (Å²) in [5.74, 6) is 0.737. The lowest BCUT2D eigenvalue weighted by molar-refractivity contribution is 0.484. The van der Waals surface area contributed by atoms with Gasteiger partial charge in [0.15, 0.2) is 0 Å². The number of nitrogens with one attached hydrogen (secondary N) is 1. The minimum absolute atomic E-state index is 0.198. The van der Waals surface area contributed by atoms with Gasteiger partial charge in [0, 0.05) is 25.3 Å². The molecule has 0 spiro atoms. The van der Waals surface area contributed by atoms with E-state index in [4.69, 9.17) is 4.42 Å². The Morgan fingerprint density at radius 2 is 2.00 bits per heavy atom. The van der Waals surface area contributed by atoms with Crippen molar-refractivity contribution in [2.24, 2.45) is 0 Å². The number of benzene rings is 1. The van der Waals surface area contributed by atoms with Crippen molar-refractivity contribution < 1.29 is 8.81 Å². The third-order valence-electron chi connectivity index (χ3n) is 3.01. The van der Waals surface area contributed by atoms with E-state index < -0.39 is 0 Å². The molecule has 0 amide bonds. The highest BCUT2D eigenvalue weighted by molar-refractivity contribution is 5.46. The van der Waals surface area contributed by atoms with E-state index in [-0.39, 0.29) is 5.82 Å². The zero-order chi connectivity index (χ0) is 13.5. The molecule has 1 N–H and O–H groups in total. The van der Waals surface area contributed by atoms with Crippen molar-refractivity contribution in [3.63, 3.8) is 0 Å². The quantitative estimate of drug-likeness (QED) is 0.777. The molecule has 1 heterocycles. The first-order valence-corrected chi connectivity index (χ1v) is 6.53. The summed E-state index contributed by atoms with van der Waals surface area (Å²) in [5.41, 5.74) is 1.05. The molecule has 3 nitrogen and oxygen atoms in total. The minimum Gasteiger partial charge on any atom is -0.468 e. The van der Waals surface area contributed by atoms with Crippen LogP contribution in [0.3, 0.4) is 0 Å². The van der Waals surface area contributed by atoms with E-state index in [9.17, 15) is 4.39 Å². The average Bonchev–Trinajstić information content (AvgIpc) is 2.93. The molecule has 0 atom stereocenters. The van der Waals surface area contributed by atoms with Crippen LogP contribution < -0.4 is 10.2 Å². The molecule has 0 aliphatic carbocycles. The molecule has 2 aromatic rings. The summed E-state index contributed by atoms with van der Waals surface area (Å²) in [6.45, 7) is 5.45. The van der Waals surface area contributed by atoms with Crippen LogP contribution in [0.2, 0.25) is 0 Å². The maximum atomic E-state index is 12.9. The standard InChI is InChI=1S/C15H19FN2O/c1-2-18(14-7-5-13(16)6-8-14)10-9-17-12-15-4-3-11-19-15/h3-8,11,17H,2,9-10,12H2,1H3. The number of anilines is 1. The van der Waals surface area contributed by atoms with Crippen LogP contribution in [0.4, 0.5) is 10.1 Å². The lowest BCUT2D eigenvalue weighted by Crippen LogP contribution is -2.31. The third kappa shape index (κ3) is 4.10. The van der Waals surface area contributed by atoms with E-state index in [1.165, 1.54) is 12.1 Å². The highest BCUT2D eigenvalue weighted by Crippen LogP contribution is 2.13. The molecule has 1 aromatic carbocycles. The Morgan fingerprint density at radius 1 is 1.21 bits per heavy atom. The lowest BCUT2D eigenvalue weighted by atomic mass is 10.2. The first-order valence-electron chi connectivity index (χ1n) is 6.53. The molecule has 0 saturated carbocycles. The van der Waals surface area contributed by atoms with Crippen LogP contribution in [0, 0.1) is 5.82 Å². The van der Waals surface area contributed by atoms with E-state index in [1.807, 2.05) is 24.3 Å². The van der Waals surface area contributed by atoms with Crippen molar-refractivity contribution in [3.05, 3.63) is 54.2 Å². The largest absolute Gasteiger partial charge is 0.468 e. The second-order valence-corrected chi connectivity index (χ2v) is 4.31. The number of hydrogen-bond acceptors (Lipinski definition) is 3. The van der Waals surface area contributed by atoms with Gasteiger partial charge in [-0.3, -0.25) is 0 Å². The van der Waals surface area contributed by atoms with E-state index in [1.54, 1.807) is 6.26 Å². The Balaban J connectivity index is 1.77. The summed E-state index contributed by atoms with van der Waals surface area (Å²) in [6.07, 6.45) is 1.67. The monoisotopic (exact) mass is 262 g/mol. The van der Waals surface area contributed by atoms with Gasteiger partial charge in [0.2, 0.25) is 0 Å². The van der Waals surface area contributed by atoms with Crippen LogP contribution in [0.25, 0.3) is 0 Å². The van der Waals surface area contributed by atoms with Crippen LogP contribution in [-0.4, -0.2) is 19.6 Å². The van der Waals surface area contributed by atoms with Gasteiger partial charge in [0.1, 0.15) is 11.6 Å². The molecular weight excluding hydrogens is 243 g/mol. The smallest absolute Gasteiger partial charge is 0.123 e. The molecule has 0 aliphatic heterocycles. The summed E-state index contributed by atoms with van der Waals surface area (Å²) < 4.78 is 18.1. The Kier molecular flexibility index (Phi) is 4.98. The maximum absolute atomic E-state index is 12.9. The predicted molar refractivity (Wildman–Crippen MR) is 74.7 cm³/mol. The molecule has 0 bridgehead atoms. The van der Waals surface area contributed by atoms with Crippen molar-refractivity contribution in [3.8, 4) is 0 Å². The number of rotatable bonds is 7. The molecule has 0 radical (unpaired) electrons. The van der Waals surface area contributed by atoms with Gasteiger partial charge < -0.3 is 14.6 Å². The van der Waals surface area contributed by atoms with Gasteiger partial charge in [-0.1, -0.05) is 0 Å². The number of halogens is 1. The summed E-state index contributed by atoms with van der Waals surface area (Å²) in [5, 5.41) is 3.32. The van der Waals surface area contributed by atoms with Crippen molar-refractivity contribution in [1.82, 2.24) is 5.32 Å². The fourth-order valence-electron chi connectivity index (χ4n) is 1.96. The molecule has 0 unspecified atom stereocenters. The summed E-state index contributed by atoms with van der Waals surface area (Å²) in [7, 11) is 0. The maximum Gasteiger partial charge on any atom is 0.123 e. The van der Waals surface area contributed by atoms with Gasteiger partial charge in [0.25, 0.3) is 0 Å². The molecule has 4 heteroatoms. The van der Waals surface area contributed by atoms with Gasteiger partial charge in [-0.2, -0.15) is 0 Å². The van der Waals surface area contributed by atoms with Crippen molar-refractivity contribution in [2.75, 3.05) is 24.5 Å². The summed E-state index contributed by atoms with van der Waals surface area (Å²) >= 11 is 0. The Morgan fingerprint density at radius 3 is 2.63 bits per heavy atom. The molecule has 0 fully saturated rings. The fourth-order valence-corrected chi connectivity index (χ4v) is 1.96. The van der Waals surface area contributed by atoms with Crippen LogP contribution in [-0.2, 0) is 6.54 Å². The first-order chi connectivity index (χ1) is 9.29. The van der Waals surface area contributed by atoms with E-state index in [2.05, 4.69) is 17.1 Å². The summed E-state index contributed by atoms with van der Waals surface area (Å²) in [4.78, 5) is 2.20. The molecular formula is C15H19FN2O. The van der Waals surface area contributed by atoms with Crippen molar-refractivity contribution in [1.29, 1.82) is 0 Å². The zero-order valence-electron chi connectivity index (χ0n) is 11.1. The molecule has 2 rings (SSSR count). The molecule has 102 valence electrons. The Hall–Kier alpha value is -1.81. The highest BCUT2D eigenvalue weighted by atomic mass is 19.1. The van der Waals surface area contributed by atoms with Crippen LogP contribution in [0.5, 0.6) is 0 Å². The van der Waals surface area contributed by atoms with Gasteiger partial charge in [-0.15, -0.1) is 0 Å². The van der Waals surface area contributed by atoms with Gasteiger partial charge >= 0.3 is 0 Å². The number of furan rings is 1.